The van der Waals surface area contributed by atoms with Crippen LogP contribution in [0.4, 0.5) is 0 Å². The molecule has 162 valence electrons. The molecule has 1 amide bonds. The number of nitrogens with zero attached hydrogens (tertiary/aromatic N) is 3. The average Bonchev–Trinajstić information content (AvgIpc) is 2.74. The van der Waals surface area contributed by atoms with Gasteiger partial charge in [-0.05, 0) is 42.7 Å². The number of halogens is 1. The van der Waals surface area contributed by atoms with Crippen molar-refractivity contribution < 1.29 is 4.79 Å². The molecule has 1 aromatic rings. The molecule has 2 aliphatic heterocycles. The van der Waals surface area contributed by atoms with Crippen LogP contribution in [-0.2, 0) is 17.8 Å². The summed E-state index contributed by atoms with van der Waals surface area (Å²) in [7, 11) is 3.58. The van der Waals surface area contributed by atoms with Crippen molar-refractivity contribution in [2.45, 2.75) is 38.6 Å². The highest BCUT2D eigenvalue weighted by Crippen LogP contribution is 2.20. The number of hydrogen-bond acceptors (Lipinski definition) is 3. The van der Waals surface area contributed by atoms with E-state index in [1.807, 2.05) is 7.05 Å². The Morgan fingerprint density at radius 2 is 1.90 bits per heavy atom. The van der Waals surface area contributed by atoms with Gasteiger partial charge in [0.25, 0.3) is 0 Å². The predicted octanol–water partition coefficient (Wildman–Crippen LogP) is 2.48. The maximum atomic E-state index is 11.6. The second kappa shape index (κ2) is 12.4. The van der Waals surface area contributed by atoms with Crippen LogP contribution < -0.4 is 10.6 Å². The Kier molecular flexibility index (Phi) is 10.2. The van der Waals surface area contributed by atoms with Crippen LogP contribution in [0.3, 0.4) is 0 Å². The highest BCUT2D eigenvalue weighted by atomic mass is 127. The number of carbonyl (C=O) groups excluding carboxylic acids is 1. The van der Waals surface area contributed by atoms with Crippen molar-refractivity contribution in [3.63, 3.8) is 0 Å². The molecule has 0 spiro atoms. The topological polar surface area (TPSA) is 60.0 Å². The second-order valence-corrected chi connectivity index (χ2v) is 7.93. The van der Waals surface area contributed by atoms with E-state index in [9.17, 15) is 4.79 Å². The number of piperidine rings is 1. The SMILES string of the molecule is CN=C(NCCCN1CCc2ccccc2C1)N1CCC(CC(=O)NC)CC1.I. The Hall–Kier alpha value is -1.35. The van der Waals surface area contributed by atoms with E-state index in [1.165, 1.54) is 11.1 Å². The summed E-state index contributed by atoms with van der Waals surface area (Å²) in [6.07, 6.45) is 5.04. The molecular weight excluding hydrogens is 477 g/mol. The summed E-state index contributed by atoms with van der Waals surface area (Å²) in [5.74, 6) is 1.65. The Bertz CT molecular complexity index is 673. The van der Waals surface area contributed by atoms with Gasteiger partial charge in [0, 0.05) is 59.8 Å². The minimum atomic E-state index is 0. The van der Waals surface area contributed by atoms with Gasteiger partial charge in [0.1, 0.15) is 0 Å². The maximum Gasteiger partial charge on any atom is 0.220 e. The number of benzene rings is 1. The van der Waals surface area contributed by atoms with Crippen molar-refractivity contribution >= 4 is 35.8 Å². The first-order valence-corrected chi connectivity index (χ1v) is 10.6. The molecule has 0 aromatic heterocycles. The van der Waals surface area contributed by atoms with Crippen molar-refractivity contribution in [1.29, 1.82) is 0 Å². The van der Waals surface area contributed by atoms with Gasteiger partial charge >= 0.3 is 0 Å². The number of aliphatic imine (C=N–C) groups is 1. The molecule has 0 unspecified atom stereocenters. The van der Waals surface area contributed by atoms with Crippen molar-refractivity contribution in [2.75, 3.05) is 46.8 Å². The Balaban J connectivity index is 0.00000300. The molecule has 0 radical (unpaired) electrons. The smallest absolute Gasteiger partial charge is 0.220 e. The number of fused-ring (bicyclic) bond motifs is 1. The number of likely N-dealkylation sites (tertiary alicyclic amines) is 1. The molecule has 0 atom stereocenters. The van der Waals surface area contributed by atoms with Crippen molar-refractivity contribution in [3.8, 4) is 0 Å². The van der Waals surface area contributed by atoms with E-state index in [1.54, 1.807) is 7.05 Å². The predicted molar refractivity (Wildman–Crippen MR) is 130 cm³/mol. The molecule has 6 nitrogen and oxygen atoms in total. The van der Waals surface area contributed by atoms with Crippen molar-refractivity contribution in [3.05, 3.63) is 35.4 Å². The molecule has 0 bridgehead atoms. The fourth-order valence-electron chi connectivity index (χ4n) is 4.29. The van der Waals surface area contributed by atoms with Crippen LogP contribution in [0.1, 0.15) is 36.8 Å². The van der Waals surface area contributed by atoms with E-state index in [-0.39, 0.29) is 29.9 Å². The van der Waals surface area contributed by atoms with E-state index >= 15 is 0 Å². The summed E-state index contributed by atoms with van der Waals surface area (Å²) in [6.45, 7) is 6.25. The molecule has 1 fully saturated rings. The molecule has 29 heavy (non-hydrogen) atoms. The van der Waals surface area contributed by atoms with Gasteiger partial charge in [-0.15, -0.1) is 24.0 Å². The van der Waals surface area contributed by atoms with Gasteiger partial charge in [0.05, 0.1) is 0 Å². The lowest BCUT2D eigenvalue weighted by Crippen LogP contribution is -2.46. The number of guanidine groups is 1. The molecule has 7 heteroatoms. The summed E-state index contributed by atoms with van der Waals surface area (Å²) < 4.78 is 0. The molecule has 2 N–H and O–H groups in total. The number of carbonyl (C=O) groups is 1. The van der Waals surface area contributed by atoms with Crippen molar-refractivity contribution in [1.82, 2.24) is 20.4 Å². The number of rotatable bonds is 6. The maximum absolute atomic E-state index is 11.6. The summed E-state index contributed by atoms with van der Waals surface area (Å²) in [5, 5.41) is 6.27. The fourth-order valence-corrected chi connectivity index (χ4v) is 4.29. The molecule has 2 heterocycles. The molecule has 1 saturated heterocycles. The molecule has 1 aromatic carbocycles. The van der Waals surface area contributed by atoms with Crippen LogP contribution >= 0.6 is 24.0 Å². The summed E-state index contributed by atoms with van der Waals surface area (Å²) in [6, 6.07) is 8.81. The van der Waals surface area contributed by atoms with Gasteiger partial charge in [-0.3, -0.25) is 14.7 Å². The van der Waals surface area contributed by atoms with E-state index in [2.05, 4.69) is 49.7 Å². The van der Waals surface area contributed by atoms with E-state index < -0.39 is 0 Å². The molecule has 3 rings (SSSR count). The van der Waals surface area contributed by atoms with Gasteiger partial charge < -0.3 is 15.5 Å². The first-order chi connectivity index (χ1) is 13.7. The monoisotopic (exact) mass is 513 g/mol. The molecule has 2 aliphatic rings. The summed E-state index contributed by atoms with van der Waals surface area (Å²) in [4.78, 5) is 20.9. The Labute approximate surface area is 192 Å². The first-order valence-electron chi connectivity index (χ1n) is 10.6. The number of hydrogen-bond donors (Lipinski definition) is 2. The zero-order valence-corrected chi connectivity index (χ0v) is 20.2. The lowest BCUT2D eigenvalue weighted by atomic mass is 9.93. The van der Waals surface area contributed by atoms with Crippen LogP contribution in [0, 0.1) is 5.92 Å². The highest BCUT2D eigenvalue weighted by molar-refractivity contribution is 14.0. The van der Waals surface area contributed by atoms with E-state index in [4.69, 9.17) is 0 Å². The highest BCUT2D eigenvalue weighted by Gasteiger charge is 2.23. The lowest BCUT2D eigenvalue weighted by Gasteiger charge is -2.34. The van der Waals surface area contributed by atoms with Crippen molar-refractivity contribution in [2.24, 2.45) is 10.9 Å². The van der Waals surface area contributed by atoms with Gasteiger partial charge in [0.2, 0.25) is 5.91 Å². The van der Waals surface area contributed by atoms with Crippen LogP contribution in [-0.4, -0.2) is 68.5 Å². The molecule has 0 saturated carbocycles. The zero-order chi connectivity index (χ0) is 19.8. The van der Waals surface area contributed by atoms with Crippen LogP contribution in [0.25, 0.3) is 0 Å². The lowest BCUT2D eigenvalue weighted by molar-refractivity contribution is -0.121. The third kappa shape index (κ3) is 7.13. The zero-order valence-electron chi connectivity index (χ0n) is 17.8. The largest absolute Gasteiger partial charge is 0.359 e. The third-order valence-corrected chi connectivity index (χ3v) is 6.02. The molecule has 0 aliphatic carbocycles. The summed E-state index contributed by atoms with van der Waals surface area (Å²) in [5.41, 5.74) is 2.99. The standard InChI is InChI=1S/C22H35N5O.HI/c1-23-21(28)16-18-8-14-27(15-9-18)22(24-2)25-11-5-12-26-13-10-19-6-3-4-7-20(19)17-26;/h3-4,6-7,18H,5,8-17H2,1-2H3,(H,23,28)(H,24,25);1H. The quantitative estimate of drug-likeness (QED) is 0.266. The second-order valence-electron chi connectivity index (χ2n) is 7.93. The number of nitrogens with one attached hydrogen (secondary N) is 2. The fraction of sp³-hybridized carbons (Fsp3) is 0.636. The number of amides is 1. The van der Waals surface area contributed by atoms with Gasteiger partial charge in [-0.2, -0.15) is 0 Å². The Morgan fingerprint density at radius 3 is 2.59 bits per heavy atom. The summed E-state index contributed by atoms with van der Waals surface area (Å²) >= 11 is 0. The van der Waals surface area contributed by atoms with E-state index in [0.29, 0.717) is 12.3 Å². The minimum Gasteiger partial charge on any atom is -0.359 e. The Morgan fingerprint density at radius 1 is 1.17 bits per heavy atom. The third-order valence-electron chi connectivity index (χ3n) is 6.02. The van der Waals surface area contributed by atoms with Crippen LogP contribution in [0.2, 0.25) is 0 Å². The average molecular weight is 513 g/mol. The van der Waals surface area contributed by atoms with Gasteiger partial charge in [-0.25, -0.2) is 0 Å². The first kappa shape index (κ1) is 23.9. The van der Waals surface area contributed by atoms with E-state index in [0.717, 1.165) is 70.9 Å². The van der Waals surface area contributed by atoms with Gasteiger partial charge in [-0.1, -0.05) is 24.3 Å². The van der Waals surface area contributed by atoms with Crippen LogP contribution in [0.5, 0.6) is 0 Å². The minimum absolute atomic E-state index is 0. The molecular formula is C22H36IN5O. The normalized spacial score (nSPS) is 18.0. The van der Waals surface area contributed by atoms with Crippen LogP contribution in [0.15, 0.2) is 29.3 Å². The van der Waals surface area contributed by atoms with Gasteiger partial charge in [0.15, 0.2) is 5.96 Å².